The van der Waals surface area contributed by atoms with E-state index in [1.165, 1.54) is 0 Å². The number of hydrogen-bond donors (Lipinski definition) is 0. The Morgan fingerprint density at radius 3 is 2.65 bits per heavy atom. The Morgan fingerprint density at radius 2 is 1.81 bits per heavy atom. The molecule has 0 saturated carbocycles. The van der Waals surface area contributed by atoms with E-state index in [9.17, 15) is 4.79 Å². The van der Waals surface area contributed by atoms with Crippen molar-refractivity contribution in [3.05, 3.63) is 89.7 Å². The second kappa shape index (κ2) is 8.44. The summed E-state index contributed by atoms with van der Waals surface area (Å²) in [5.41, 5.74) is 2.82. The van der Waals surface area contributed by atoms with E-state index in [0.29, 0.717) is 31.1 Å². The highest BCUT2D eigenvalue weighted by atomic mass is 35.5. The van der Waals surface area contributed by atoms with E-state index >= 15 is 0 Å². The normalized spacial score (nSPS) is 16.2. The number of benzene rings is 3. The first-order valence-corrected chi connectivity index (χ1v) is 10.8. The molecule has 156 valence electrons. The quantitative estimate of drug-likeness (QED) is 0.416. The van der Waals surface area contributed by atoms with E-state index in [-0.39, 0.29) is 11.8 Å². The molecule has 1 amide bonds. The van der Waals surface area contributed by atoms with Crippen molar-refractivity contribution in [1.29, 1.82) is 0 Å². The lowest BCUT2D eigenvalue weighted by Gasteiger charge is -2.18. The fraction of sp³-hybridized carbons (Fsp3) is 0.200. The number of aromatic nitrogens is 2. The van der Waals surface area contributed by atoms with Gasteiger partial charge in [-0.1, -0.05) is 48.0 Å². The second-order valence-electron chi connectivity index (χ2n) is 7.66. The van der Waals surface area contributed by atoms with Crippen molar-refractivity contribution in [3.8, 4) is 5.75 Å². The zero-order valence-corrected chi connectivity index (χ0v) is 17.7. The molecular weight excluding hydrogens is 410 g/mol. The largest absolute Gasteiger partial charge is 0.492 e. The summed E-state index contributed by atoms with van der Waals surface area (Å²) >= 11 is 6.14. The molecule has 31 heavy (non-hydrogen) atoms. The number of carbonyl (C=O) groups is 1. The van der Waals surface area contributed by atoms with Gasteiger partial charge in [-0.2, -0.15) is 0 Å². The Kier molecular flexibility index (Phi) is 5.35. The van der Waals surface area contributed by atoms with Gasteiger partial charge in [0.15, 0.2) is 0 Å². The highest BCUT2D eigenvalue weighted by molar-refractivity contribution is 6.30. The van der Waals surface area contributed by atoms with Gasteiger partial charge >= 0.3 is 0 Å². The monoisotopic (exact) mass is 431 g/mol. The number of ether oxygens (including phenoxy) is 1. The number of rotatable bonds is 6. The zero-order chi connectivity index (χ0) is 21.2. The molecule has 5 nitrogen and oxygen atoms in total. The Balaban J connectivity index is 1.41. The van der Waals surface area contributed by atoms with Gasteiger partial charge in [-0.3, -0.25) is 4.79 Å². The van der Waals surface area contributed by atoms with E-state index in [1.807, 2.05) is 72.8 Å². The molecule has 0 unspecified atom stereocenters. The smallest absolute Gasteiger partial charge is 0.227 e. The maximum atomic E-state index is 12.8. The lowest BCUT2D eigenvalue weighted by molar-refractivity contribution is -0.117. The summed E-state index contributed by atoms with van der Waals surface area (Å²) in [6.07, 6.45) is 0.426. The van der Waals surface area contributed by atoms with E-state index in [1.54, 1.807) is 4.90 Å². The lowest BCUT2D eigenvalue weighted by atomic mass is 10.1. The molecule has 2 heterocycles. The third-order valence-corrected chi connectivity index (χ3v) is 5.86. The summed E-state index contributed by atoms with van der Waals surface area (Å²) in [6, 6.07) is 25.3. The fourth-order valence-electron chi connectivity index (χ4n) is 4.19. The van der Waals surface area contributed by atoms with Gasteiger partial charge in [-0.25, -0.2) is 4.98 Å². The first kappa shape index (κ1) is 19.6. The van der Waals surface area contributed by atoms with Crippen LogP contribution in [0.4, 0.5) is 5.69 Å². The predicted octanol–water partition coefficient (Wildman–Crippen LogP) is 5.29. The summed E-state index contributed by atoms with van der Waals surface area (Å²) < 4.78 is 8.12. The molecule has 1 atom stereocenters. The van der Waals surface area contributed by atoms with E-state index in [4.69, 9.17) is 21.3 Å². The predicted molar refractivity (Wildman–Crippen MR) is 123 cm³/mol. The number of nitrogens with zero attached hydrogens (tertiary/aromatic N) is 3. The van der Waals surface area contributed by atoms with Crippen molar-refractivity contribution in [2.45, 2.75) is 18.9 Å². The van der Waals surface area contributed by atoms with Crippen LogP contribution >= 0.6 is 11.6 Å². The van der Waals surface area contributed by atoms with Crippen LogP contribution < -0.4 is 9.64 Å². The third kappa shape index (κ3) is 4.01. The van der Waals surface area contributed by atoms with Crippen molar-refractivity contribution < 1.29 is 9.53 Å². The lowest BCUT2D eigenvalue weighted by Crippen LogP contribution is -2.24. The molecule has 0 aliphatic carbocycles. The minimum atomic E-state index is 0.00982. The van der Waals surface area contributed by atoms with Crippen LogP contribution in [-0.4, -0.2) is 28.6 Å². The molecule has 1 aliphatic rings. The van der Waals surface area contributed by atoms with Gasteiger partial charge < -0.3 is 14.2 Å². The van der Waals surface area contributed by atoms with Gasteiger partial charge in [0.2, 0.25) is 5.91 Å². The summed E-state index contributed by atoms with van der Waals surface area (Å²) in [6.45, 7) is 1.77. The summed E-state index contributed by atoms with van der Waals surface area (Å²) in [5, 5.41) is 0.624. The van der Waals surface area contributed by atoms with Gasteiger partial charge in [0.1, 0.15) is 18.2 Å². The maximum Gasteiger partial charge on any atom is 0.227 e. The molecule has 0 spiro atoms. The van der Waals surface area contributed by atoms with Crippen molar-refractivity contribution in [2.75, 3.05) is 18.1 Å². The first-order chi connectivity index (χ1) is 15.2. The Hall–Kier alpha value is -3.31. The number of halogens is 1. The van der Waals surface area contributed by atoms with Crippen molar-refractivity contribution in [1.82, 2.24) is 9.55 Å². The number of carbonyl (C=O) groups excluding carboxylic acids is 1. The summed E-state index contributed by atoms with van der Waals surface area (Å²) in [4.78, 5) is 19.5. The minimum absolute atomic E-state index is 0.00982. The van der Waals surface area contributed by atoms with Gasteiger partial charge in [0.05, 0.1) is 17.6 Å². The van der Waals surface area contributed by atoms with Gasteiger partial charge in [0.25, 0.3) is 0 Å². The topological polar surface area (TPSA) is 47.4 Å². The number of amides is 1. The number of imidazole rings is 1. The van der Waals surface area contributed by atoms with E-state index in [0.717, 1.165) is 28.3 Å². The van der Waals surface area contributed by atoms with E-state index < -0.39 is 0 Å². The standard InChI is InChI=1S/C25H22ClN3O2/c26-19-7-6-8-20(16-19)29-17-18(15-24(29)30)25-27-22-11-4-5-12-23(22)28(25)13-14-31-21-9-2-1-3-10-21/h1-12,16,18H,13-15,17H2/t18-/m1/s1. The Bertz CT molecular complexity index is 1220. The van der Waals surface area contributed by atoms with Crippen LogP contribution in [0.5, 0.6) is 5.75 Å². The molecule has 1 aromatic heterocycles. The van der Waals surface area contributed by atoms with Crippen LogP contribution in [0.2, 0.25) is 5.02 Å². The molecule has 5 rings (SSSR count). The number of anilines is 1. The Morgan fingerprint density at radius 1 is 1.00 bits per heavy atom. The van der Waals surface area contributed by atoms with Crippen molar-refractivity contribution in [3.63, 3.8) is 0 Å². The highest BCUT2D eigenvalue weighted by Crippen LogP contribution is 2.34. The minimum Gasteiger partial charge on any atom is -0.492 e. The summed E-state index contributed by atoms with van der Waals surface area (Å²) in [7, 11) is 0. The van der Waals surface area contributed by atoms with Gasteiger partial charge in [-0.05, 0) is 42.5 Å². The average Bonchev–Trinajstić information content (AvgIpc) is 3.35. The van der Waals surface area contributed by atoms with Crippen molar-refractivity contribution in [2.24, 2.45) is 0 Å². The van der Waals surface area contributed by atoms with Crippen LogP contribution in [0.1, 0.15) is 18.2 Å². The molecule has 1 aliphatic heterocycles. The zero-order valence-electron chi connectivity index (χ0n) is 16.9. The van der Waals surface area contributed by atoms with Crippen LogP contribution in [0.15, 0.2) is 78.9 Å². The van der Waals surface area contributed by atoms with Crippen LogP contribution in [-0.2, 0) is 11.3 Å². The molecule has 1 fully saturated rings. The average molecular weight is 432 g/mol. The highest BCUT2D eigenvalue weighted by Gasteiger charge is 2.34. The molecule has 3 aromatic carbocycles. The molecule has 0 N–H and O–H groups in total. The molecule has 6 heteroatoms. The third-order valence-electron chi connectivity index (χ3n) is 5.62. The molecule has 0 bridgehead atoms. The van der Waals surface area contributed by atoms with Gasteiger partial charge in [0, 0.05) is 29.6 Å². The fourth-order valence-corrected chi connectivity index (χ4v) is 4.37. The van der Waals surface area contributed by atoms with Crippen LogP contribution in [0, 0.1) is 0 Å². The number of para-hydroxylation sites is 3. The molecule has 0 radical (unpaired) electrons. The molecular formula is C25H22ClN3O2. The second-order valence-corrected chi connectivity index (χ2v) is 8.09. The van der Waals surface area contributed by atoms with E-state index in [2.05, 4.69) is 10.6 Å². The van der Waals surface area contributed by atoms with Crippen LogP contribution in [0.25, 0.3) is 11.0 Å². The van der Waals surface area contributed by atoms with Gasteiger partial charge in [-0.15, -0.1) is 0 Å². The number of hydrogen-bond acceptors (Lipinski definition) is 3. The van der Waals surface area contributed by atoms with Crippen molar-refractivity contribution >= 4 is 34.2 Å². The van der Waals surface area contributed by atoms with Crippen LogP contribution in [0.3, 0.4) is 0 Å². The molecule has 4 aromatic rings. The SMILES string of the molecule is O=C1C[C@@H](c2nc3ccccc3n2CCOc2ccccc2)CN1c1cccc(Cl)c1. The number of fused-ring (bicyclic) bond motifs is 1. The first-order valence-electron chi connectivity index (χ1n) is 10.4. The maximum absolute atomic E-state index is 12.8. The summed E-state index contributed by atoms with van der Waals surface area (Å²) in [5.74, 6) is 1.87. The molecule has 1 saturated heterocycles. The Labute approximate surface area is 185 Å².